The van der Waals surface area contributed by atoms with Gasteiger partial charge < -0.3 is 20.1 Å². The van der Waals surface area contributed by atoms with E-state index < -0.39 is 5.97 Å². The normalized spacial score (nSPS) is 11.1. The molecule has 0 atom stereocenters. The van der Waals surface area contributed by atoms with E-state index in [1.54, 1.807) is 41.0 Å². The van der Waals surface area contributed by atoms with Crippen molar-refractivity contribution >= 4 is 45.1 Å². The van der Waals surface area contributed by atoms with E-state index in [4.69, 9.17) is 27.5 Å². The van der Waals surface area contributed by atoms with Crippen LogP contribution in [0.25, 0.3) is 21.7 Å². The smallest absolute Gasteiger partial charge is 0.352 e. The molecule has 5 rings (SSSR count). The SMILES string of the molecule is N=C(N)c1ccc2cc(C(=O)O)n(Cc3cc(Oc4ccccc4Cl)cc4ccccc34)c2c1. The molecule has 0 radical (unpaired) electrons. The molecule has 1 aromatic heterocycles. The highest BCUT2D eigenvalue weighted by Crippen LogP contribution is 2.33. The zero-order valence-electron chi connectivity index (χ0n) is 18.0. The molecule has 1 heterocycles. The Hall–Kier alpha value is -4.29. The zero-order valence-corrected chi connectivity index (χ0v) is 18.7. The molecule has 168 valence electrons. The maximum Gasteiger partial charge on any atom is 0.352 e. The Bertz CT molecular complexity index is 1590. The second kappa shape index (κ2) is 8.57. The van der Waals surface area contributed by atoms with Crippen molar-refractivity contribution in [1.82, 2.24) is 4.57 Å². The van der Waals surface area contributed by atoms with Crippen LogP contribution in [0.5, 0.6) is 11.5 Å². The van der Waals surface area contributed by atoms with E-state index >= 15 is 0 Å². The lowest BCUT2D eigenvalue weighted by atomic mass is 10.0. The number of benzene rings is 4. The van der Waals surface area contributed by atoms with Gasteiger partial charge in [0.25, 0.3) is 0 Å². The number of nitrogens with one attached hydrogen (secondary N) is 1. The average Bonchev–Trinajstić information content (AvgIpc) is 3.18. The summed E-state index contributed by atoms with van der Waals surface area (Å²) in [4.78, 5) is 12.1. The number of nitrogens with two attached hydrogens (primary N) is 1. The first-order valence-electron chi connectivity index (χ1n) is 10.6. The molecule has 0 fully saturated rings. The Morgan fingerprint density at radius 2 is 1.74 bits per heavy atom. The van der Waals surface area contributed by atoms with Crippen molar-refractivity contribution in [3.63, 3.8) is 0 Å². The van der Waals surface area contributed by atoms with Crippen molar-refractivity contribution in [3.8, 4) is 11.5 Å². The Morgan fingerprint density at radius 1 is 0.971 bits per heavy atom. The summed E-state index contributed by atoms with van der Waals surface area (Å²) in [5, 5.41) is 20.9. The molecule has 0 aliphatic rings. The molecule has 6 nitrogen and oxygen atoms in total. The molecular formula is C27H20ClN3O3. The minimum Gasteiger partial charge on any atom is -0.477 e. The summed E-state index contributed by atoms with van der Waals surface area (Å²) in [6.45, 7) is 0.284. The predicted octanol–water partition coefficient (Wildman–Crippen LogP) is 6.27. The number of aromatic carboxylic acids is 1. The Morgan fingerprint density at radius 3 is 2.50 bits per heavy atom. The summed E-state index contributed by atoms with van der Waals surface area (Å²) in [6.07, 6.45) is 0. The first-order chi connectivity index (χ1) is 16.4. The minimum atomic E-state index is -1.03. The van der Waals surface area contributed by atoms with Gasteiger partial charge in [-0.15, -0.1) is 0 Å². The number of hydrogen-bond acceptors (Lipinski definition) is 3. The Kier molecular flexibility index (Phi) is 5.43. The lowest BCUT2D eigenvalue weighted by Crippen LogP contribution is -2.12. The number of carbonyl (C=O) groups is 1. The molecule has 7 heteroatoms. The first-order valence-corrected chi connectivity index (χ1v) is 10.9. The summed E-state index contributed by atoms with van der Waals surface area (Å²) in [5.41, 5.74) is 7.94. The molecule has 0 unspecified atom stereocenters. The van der Waals surface area contributed by atoms with Crippen LogP contribution >= 0.6 is 11.6 Å². The van der Waals surface area contributed by atoms with Crippen LogP contribution < -0.4 is 10.5 Å². The fraction of sp³-hybridized carbons (Fsp3) is 0.0370. The molecule has 0 aliphatic carbocycles. The number of carboxylic acids is 1. The zero-order chi connectivity index (χ0) is 23.8. The molecule has 0 aliphatic heterocycles. The van der Waals surface area contributed by atoms with Crippen LogP contribution in [-0.2, 0) is 6.54 Å². The molecule has 34 heavy (non-hydrogen) atoms. The molecule has 4 aromatic carbocycles. The van der Waals surface area contributed by atoms with E-state index in [0.717, 1.165) is 21.7 Å². The predicted molar refractivity (Wildman–Crippen MR) is 134 cm³/mol. The van der Waals surface area contributed by atoms with E-state index in [1.165, 1.54) is 0 Å². The number of fused-ring (bicyclic) bond motifs is 2. The number of carboxylic acid groups (broad SMARTS) is 1. The van der Waals surface area contributed by atoms with E-state index in [1.807, 2.05) is 48.5 Å². The second-order valence-electron chi connectivity index (χ2n) is 7.94. The number of amidine groups is 1. The van der Waals surface area contributed by atoms with Crippen molar-refractivity contribution in [2.24, 2.45) is 5.73 Å². The summed E-state index contributed by atoms with van der Waals surface area (Å²) >= 11 is 6.29. The van der Waals surface area contributed by atoms with Crippen LogP contribution in [0.2, 0.25) is 5.02 Å². The van der Waals surface area contributed by atoms with E-state index in [-0.39, 0.29) is 18.1 Å². The quantitative estimate of drug-likeness (QED) is 0.201. The largest absolute Gasteiger partial charge is 0.477 e. The average molecular weight is 470 g/mol. The van der Waals surface area contributed by atoms with E-state index in [9.17, 15) is 9.90 Å². The van der Waals surface area contributed by atoms with Crippen LogP contribution in [0.1, 0.15) is 21.6 Å². The van der Waals surface area contributed by atoms with Crippen molar-refractivity contribution in [3.05, 3.63) is 107 Å². The van der Waals surface area contributed by atoms with Gasteiger partial charge in [-0.2, -0.15) is 0 Å². The van der Waals surface area contributed by atoms with Gasteiger partial charge in [-0.05, 0) is 52.7 Å². The maximum absolute atomic E-state index is 12.1. The summed E-state index contributed by atoms with van der Waals surface area (Å²) < 4.78 is 7.82. The highest BCUT2D eigenvalue weighted by molar-refractivity contribution is 6.32. The number of nitrogens with zero attached hydrogens (tertiary/aromatic N) is 1. The summed E-state index contributed by atoms with van der Waals surface area (Å²) in [5.74, 6) is 0.0224. The molecule has 0 bridgehead atoms. The number of ether oxygens (including phenoxy) is 1. The fourth-order valence-electron chi connectivity index (χ4n) is 4.14. The number of para-hydroxylation sites is 1. The second-order valence-corrected chi connectivity index (χ2v) is 8.35. The van der Waals surface area contributed by atoms with E-state index in [0.29, 0.717) is 27.6 Å². The fourth-order valence-corrected chi connectivity index (χ4v) is 4.32. The molecule has 0 saturated carbocycles. The molecular weight excluding hydrogens is 450 g/mol. The first kappa shape index (κ1) is 21.6. The molecule has 0 amide bonds. The number of hydrogen-bond donors (Lipinski definition) is 3. The Labute approximate surface area is 200 Å². The third-order valence-electron chi connectivity index (χ3n) is 5.75. The molecule has 0 saturated heterocycles. The van der Waals surface area contributed by atoms with Gasteiger partial charge in [0.2, 0.25) is 0 Å². The monoisotopic (exact) mass is 469 g/mol. The number of halogens is 1. The van der Waals surface area contributed by atoms with Crippen LogP contribution in [0, 0.1) is 5.41 Å². The van der Waals surface area contributed by atoms with Gasteiger partial charge in [0.15, 0.2) is 0 Å². The summed E-state index contributed by atoms with van der Waals surface area (Å²) in [7, 11) is 0. The van der Waals surface area contributed by atoms with Crippen LogP contribution in [0.3, 0.4) is 0 Å². The van der Waals surface area contributed by atoms with Crippen molar-refractivity contribution in [2.45, 2.75) is 6.54 Å². The standard InChI is InChI=1S/C27H20ClN3O3/c28-22-7-3-4-8-25(22)34-20-11-16-5-1-2-6-21(16)19(12-20)15-31-23-14-18(26(29)30)10-9-17(23)13-24(31)27(32)33/h1-14H,15H2,(H3,29,30)(H,32,33). The van der Waals surface area contributed by atoms with Gasteiger partial charge in [-0.3, -0.25) is 5.41 Å². The van der Waals surface area contributed by atoms with Gasteiger partial charge in [-0.25, -0.2) is 4.79 Å². The van der Waals surface area contributed by atoms with Crippen molar-refractivity contribution in [1.29, 1.82) is 5.41 Å². The van der Waals surface area contributed by atoms with Crippen LogP contribution in [0.4, 0.5) is 0 Å². The molecule has 0 spiro atoms. The number of nitrogen functional groups attached to an aromatic ring is 1. The topological polar surface area (TPSA) is 101 Å². The Balaban J connectivity index is 1.67. The van der Waals surface area contributed by atoms with Crippen LogP contribution in [0.15, 0.2) is 84.9 Å². The van der Waals surface area contributed by atoms with Gasteiger partial charge in [-0.1, -0.05) is 60.1 Å². The highest BCUT2D eigenvalue weighted by atomic mass is 35.5. The van der Waals surface area contributed by atoms with E-state index in [2.05, 4.69) is 0 Å². The lowest BCUT2D eigenvalue weighted by molar-refractivity contribution is 0.0686. The van der Waals surface area contributed by atoms with Gasteiger partial charge in [0, 0.05) is 23.0 Å². The van der Waals surface area contributed by atoms with Crippen molar-refractivity contribution < 1.29 is 14.6 Å². The lowest BCUT2D eigenvalue weighted by Gasteiger charge is -2.15. The minimum absolute atomic E-state index is 0.0767. The highest BCUT2D eigenvalue weighted by Gasteiger charge is 2.17. The summed E-state index contributed by atoms with van der Waals surface area (Å²) in [6, 6.07) is 25.8. The molecule has 5 aromatic rings. The van der Waals surface area contributed by atoms with Gasteiger partial charge in [0.05, 0.1) is 5.02 Å². The number of rotatable bonds is 6. The van der Waals surface area contributed by atoms with Gasteiger partial charge in [0.1, 0.15) is 23.0 Å². The maximum atomic E-state index is 12.1. The number of aromatic nitrogens is 1. The third kappa shape index (κ3) is 3.95. The van der Waals surface area contributed by atoms with Crippen LogP contribution in [-0.4, -0.2) is 21.5 Å². The molecule has 4 N–H and O–H groups in total. The van der Waals surface area contributed by atoms with Gasteiger partial charge >= 0.3 is 5.97 Å². The van der Waals surface area contributed by atoms with Crippen molar-refractivity contribution in [2.75, 3.05) is 0 Å². The third-order valence-corrected chi connectivity index (χ3v) is 6.06.